The van der Waals surface area contributed by atoms with Gasteiger partial charge < -0.3 is 5.11 Å². The van der Waals surface area contributed by atoms with Crippen LogP contribution in [-0.4, -0.2) is 16.2 Å². The van der Waals surface area contributed by atoms with Crippen molar-refractivity contribution in [2.24, 2.45) is 0 Å². The number of pyridine rings is 1. The van der Waals surface area contributed by atoms with Crippen molar-refractivity contribution in [3.63, 3.8) is 0 Å². The van der Waals surface area contributed by atoms with Crippen LogP contribution in [0.5, 0.6) is 0 Å². The highest BCUT2D eigenvalue weighted by molar-refractivity contribution is 9.11. The quantitative estimate of drug-likeness (QED) is 0.739. The highest BCUT2D eigenvalue weighted by Gasteiger charge is 2.26. The summed E-state index contributed by atoms with van der Waals surface area (Å²) in [5, 5.41) is 9.81. The van der Waals surface area contributed by atoms with Gasteiger partial charge in [0.2, 0.25) is 0 Å². The van der Waals surface area contributed by atoms with Gasteiger partial charge in [-0.2, -0.15) is 0 Å². The van der Waals surface area contributed by atoms with Crippen LogP contribution in [0.15, 0.2) is 27.3 Å². The van der Waals surface area contributed by atoms with E-state index in [1.807, 2.05) is 0 Å². The van der Waals surface area contributed by atoms with Crippen LogP contribution in [0.2, 0.25) is 0 Å². The summed E-state index contributed by atoms with van der Waals surface area (Å²) in [5.74, 6) is -1.14. The standard InChI is InChI=1S/C16H13Br2F2NO/c17-15-12-6-11(22)7-13(12)16(18)21-14(15)2-1-8-3-9(19)5-10(20)4-8/h3-5,11,22H,1-2,6-7H2. The lowest BCUT2D eigenvalue weighted by Crippen LogP contribution is -2.03. The molecule has 116 valence electrons. The molecule has 0 amide bonds. The van der Waals surface area contributed by atoms with E-state index in [2.05, 4.69) is 36.8 Å². The number of hydrogen-bond acceptors (Lipinski definition) is 2. The van der Waals surface area contributed by atoms with Crippen LogP contribution in [0.3, 0.4) is 0 Å². The Kier molecular flexibility index (Phi) is 4.61. The van der Waals surface area contributed by atoms with E-state index in [1.165, 1.54) is 12.1 Å². The second kappa shape index (κ2) is 6.34. The number of nitrogens with zero attached hydrogens (tertiary/aromatic N) is 1. The van der Waals surface area contributed by atoms with Gasteiger partial charge in [-0.1, -0.05) is 0 Å². The molecule has 0 aliphatic heterocycles. The number of aryl methyl sites for hydroxylation is 2. The highest BCUT2D eigenvalue weighted by Crippen LogP contribution is 2.35. The average molecular weight is 433 g/mol. The van der Waals surface area contributed by atoms with E-state index in [4.69, 9.17) is 0 Å². The van der Waals surface area contributed by atoms with Gasteiger partial charge in [0.25, 0.3) is 0 Å². The summed E-state index contributed by atoms with van der Waals surface area (Å²) in [6.45, 7) is 0. The van der Waals surface area contributed by atoms with Crippen LogP contribution in [0.1, 0.15) is 22.4 Å². The van der Waals surface area contributed by atoms with E-state index in [1.54, 1.807) is 0 Å². The van der Waals surface area contributed by atoms with E-state index >= 15 is 0 Å². The van der Waals surface area contributed by atoms with Crippen LogP contribution < -0.4 is 0 Å². The number of hydrogen-bond donors (Lipinski definition) is 1. The lowest BCUT2D eigenvalue weighted by molar-refractivity contribution is 0.187. The van der Waals surface area contributed by atoms with Gasteiger partial charge in [-0.25, -0.2) is 13.8 Å². The van der Waals surface area contributed by atoms with Gasteiger partial charge in [0.15, 0.2) is 0 Å². The summed E-state index contributed by atoms with van der Waals surface area (Å²) in [4.78, 5) is 4.51. The van der Waals surface area contributed by atoms with E-state index in [0.717, 1.165) is 32.0 Å². The monoisotopic (exact) mass is 431 g/mol. The molecule has 3 rings (SSSR count). The van der Waals surface area contributed by atoms with E-state index in [-0.39, 0.29) is 6.10 Å². The number of halogens is 4. The minimum atomic E-state index is -0.569. The zero-order valence-electron chi connectivity index (χ0n) is 11.5. The van der Waals surface area contributed by atoms with Crippen molar-refractivity contribution in [3.05, 3.63) is 61.3 Å². The van der Waals surface area contributed by atoms with Crippen molar-refractivity contribution in [2.45, 2.75) is 31.8 Å². The zero-order chi connectivity index (χ0) is 15.9. The van der Waals surface area contributed by atoms with Gasteiger partial charge in [-0.3, -0.25) is 0 Å². The number of aliphatic hydroxyl groups excluding tert-OH is 1. The molecule has 0 radical (unpaired) electrons. The lowest BCUT2D eigenvalue weighted by Gasteiger charge is -2.11. The number of aromatic nitrogens is 1. The van der Waals surface area contributed by atoms with Crippen LogP contribution in [0.25, 0.3) is 0 Å². The third kappa shape index (κ3) is 3.24. The molecular formula is C16H13Br2F2NO. The first-order valence-corrected chi connectivity index (χ1v) is 8.51. The van der Waals surface area contributed by atoms with E-state index < -0.39 is 11.6 Å². The van der Waals surface area contributed by atoms with E-state index in [0.29, 0.717) is 31.2 Å². The summed E-state index contributed by atoms with van der Waals surface area (Å²) >= 11 is 7.00. The Morgan fingerprint density at radius 1 is 1.05 bits per heavy atom. The minimum absolute atomic E-state index is 0.378. The molecule has 1 atom stereocenters. The Morgan fingerprint density at radius 2 is 1.68 bits per heavy atom. The van der Waals surface area contributed by atoms with Crippen molar-refractivity contribution in [3.8, 4) is 0 Å². The number of rotatable bonds is 3. The molecule has 6 heteroatoms. The first-order chi connectivity index (χ1) is 10.4. The second-order valence-electron chi connectivity index (χ2n) is 5.46. The largest absolute Gasteiger partial charge is 0.392 e. The fourth-order valence-corrected chi connectivity index (χ4v) is 4.12. The third-order valence-corrected chi connectivity index (χ3v) is 5.41. The molecule has 1 aliphatic carbocycles. The summed E-state index contributed by atoms with van der Waals surface area (Å²) < 4.78 is 28.1. The van der Waals surface area contributed by atoms with Crippen molar-refractivity contribution in [2.75, 3.05) is 0 Å². The fourth-order valence-electron chi connectivity index (χ4n) is 2.81. The maximum Gasteiger partial charge on any atom is 0.126 e. The van der Waals surface area contributed by atoms with Gasteiger partial charge in [0.05, 0.1) is 11.8 Å². The van der Waals surface area contributed by atoms with Crippen LogP contribution >= 0.6 is 31.9 Å². The first kappa shape index (κ1) is 16.0. The molecule has 0 saturated heterocycles. The first-order valence-electron chi connectivity index (χ1n) is 6.92. The maximum absolute atomic E-state index is 13.2. The molecule has 0 spiro atoms. The molecule has 0 fully saturated rings. The topological polar surface area (TPSA) is 33.1 Å². The van der Waals surface area contributed by atoms with Crippen molar-refractivity contribution >= 4 is 31.9 Å². The van der Waals surface area contributed by atoms with Crippen LogP contribution in [-0.2, 0) is 25.7 Å². The molecule has 0 saturated carbocycles. The molecule has 1 N–H and O–H groups in total. The lowest BCUT2D eigenvalue weighted by atomic mass is 10.1. The van der Waals surface area contributed by atoms with Gasteiger partial charge in [-0.15, -0.1) is 0 Å². The Hall–Kier alpha value is -0.850. The molecule has 22 heavy (non-hydrogen) atoms. The summed E-state index contributed by atoms with van der Waals surface area (Å²) in [6, 6.07) is 3.54. The predicted octanol–water partition coefficient (Wildman–Crippen LogP) is 4.13. The molecule has 1 aliphatic rings. The Bertz CT molecular complexity index is 716. The minimum Gasteiger partial charge on any atom is -0.392 e. The van der Waals surface area contributed by atoms with Gasteiger partial charge in [-0.05, 0) is 73.5 Å². The number of benzene rings is 1. The normalized spacial score (nSPS) is 16.9. The highest BCUT2D eigenvalue weighted by atomic mass is 79.9. The van der Waals surface area contributed by atoms with Gasteiger partial charge in [0, 0.05) is 23.4 Å². The number of fused-ring (bicyclic) bond motifs is 1. The second-order valence-corrected chi connectivity index (χ2v) is 7.00. The molecule has 0 bridgehead atoms. The number of aliphatic hydroxyl groups is 1. The molecule has 2 aromatic rings. The Balaban J connectivity index is 1.84. The van der Waals surface area contributed by atoms with Gasteiger partial charge in [0.1, 0.15) is 16.2 Å². The molecule has 2 nitrogen and oxygen atoms in total. The fraction of sp³-hybridized carbons (Fsp3) is 0.312. The van der Waals surface area contributed by atoms with Crippen LogP contribution in [0, 0.1) is 11.6 Å². The summed E-state index contributed by atoms with van der Waals surface area (Å²) in [5.41, 5.74) is 3.52. The predicted molar refractivity (Wildman–Crippen MR) is 86.8 cm³/mol. The summed E-state index contributed by atoms with van der Waals surface area (Å²) in [6.07, 6.45) is 1.87. The molecule has 1 unspecified atom stereocenters. The van der Waals surface area contributed by atoms with Crippen LogP contribution in [0.4, 0.5) is 8.78 Å². The smallest absolute Gasteiger partial charge is 0.126 e. The van der Waals surface area contributed by atoms with Crippen molar-refractivity contribution in [1.82, 2.24) is 4.98 Å². The summed E-state index contributed by atoms with van der Waals surface area (Å²) in [7, 11) is 0. The average Bonchev–Trinajstić information content (AvgIpc) is 2.83. The van der Waals surface area contributed by atoms with Gasteiger partial charge >= 0.3 is 0 Å². The molecule has 1 aromatic heterocycles. The molecule has 1 aromatic carbocycles. The maximum atomic E-state index is 13.2. The zero-order valence-corrected chi connectivity index (χ0v) is 14.7. The van der Waals surface area contributed by atoms with Crippen molar-refractivity contribution < 1.29 is 13.9 Å². The Morgan fingerprint density at radius 3 is 2.36 bits per heavy atom. The molecular weight excluding hydrogens is 420 g/mol. The third-order valence-electron chi connectivity index (χ3n) is 3.82. The molecule has 1 heterocycles. The SMILES string of the molecule is OC1Cc2c(Br)nc(CCc3cc(F)cc(F)c3)c(Br)c2C1. The Labute approximate surface area is 143 Å². The van der Waals surface area contributed by atoms with E-state index in [9.17, 15) is 13.9 Å². The van der Waals surface area contributed by atoms with Crippen molar-refractivity contribution in [1.29, 1.82) is 0 Å².